The fourth-order valence-electron chi connectivity index (χ4n) is 4.11. The maximum Gasteiger partial charge on any atom is 0.159 e. The van der Waals surface area contributed by atoms with Crippen molar-refractivity contribution in [2.75, 3.05) is 0 Å². The number of benzene rings is 2. The Morgan fingerprint density at radius 1 is 0.828 bits per heavy atom. The van der Waals surface area contributed by atoms with Crippen LogP contribution in [0, 0.1) is 17.6 Å². The molecule has 1 fully saturated rings. The Morgan fingerprint density at radius 3 is 2.14 bits per heavy atom. The summed E-state index contributed by atoms with van der Waals surface area (Å²) in [7, 11) is 0. The lowest BCUT2D eigenvalue weighted by atomic mass is 9.77. The van der Waals surface area contributed by atoms with Gasteiger partial charge < -0.3 is 0 Å². The number of unbranched alkanes of at least 4 members (excludes halogenated alkanes) is 2. The van der Waals surface area contributed by atoms with Crippen LogP contribution in [0.5, 0.6) is 0 Å². The van der Waals surface area contributed by atoms with Crippen molar-refractivity contribution >= 4 is 12.4 Å². The van der Waals surface area contributed by atoms with Crippen molar-refractivity contribution in [2.24, 2.45) is 16.1 Å². The molecule has 0 radical (unpaired) electrons. The van der Waals surface area contributed by atoms with Crippen molar-refractivity contribution in [3.05, 3.63) is 70.8 Å². The van der Waals surface area contributed by atoms with Crippen LogP contribution in [-0.2, 0) is 0 Å². The molecule has 1 aliphatic rings. The number of hydrogen-bond acceptors (Lipinski definition) is 2. The Hall–Kier alpha value is -2.36. The smallest absolute Gasteiger partial charge is 0.159 e. The molecule has 0 heterocycles. The quantitative estimate of drug-likeness (QED) is 0.255. The fraction of sp³-hybridized carbons (Fsp3) is 0.440. The molecule has 1 saturated carbocycles. The highest BCUT2D eigenvalue weighted by atomic mass is 19.2. The van der Waals surface area contributed by atoms with Crippen LogP contribution in [0.15, 0.2) is 52.7 Å². The van der Waals surface area contributed by atoms with E-state index in [9.17, 15) is 8.78 Å². The van der Waals surface area contributed by atoms with Gasteiger partial charge in [-0.05, 0) is 66.3 Å². The van der Waals surface area contributed by atoms with Gasteiger partial charge in [0.2, 0.25) is 0 Å². The van der Waals surface area contributed by atoms with E-state index in [1.165, 1.54) is 69.2 Å². The third-order valence-electron chi connectivity index (χ3n) is 5.89. The predicted octanol–water partition coefficient (Wildman–Crippen LogP) is 7.27. The number of halogens is 2. The molecule has 0 unspecified atom stereocenters. The summed E-state index contributed by atoms with van der Waals surface area (Å²) in [5, 5.41) is 7.92. The summed E-state index contributed by atoms with van der Waals surface area (Å²) in [6.45, 7) is 2.27. The number of hydrogen-bond donors (Lipinski definition) is 0. The van der Waals surface area contributed by atoms with E-state index in [4.69, 9.17) is 0 Å². The normalized spacial score (nSPS) is 20.0. The monoisotopic (exact) mass is 396 g/mol. The first kappa shape index (κ1) is 21.4. The molecular weight excluding hydrogens is 366 g/mol. The van der Waals surface area contributed by atoms with Gasteiger partial charge in [-0.25, -0.2) is 8.78 Å². The first-order chi connectivity index (χ1) is 14.2. The zero-order valence-corrected chi connectivity index (χ0v) is 17.2. The molecule has 0 N–H and O–H groups in total. The molecule has 2 aromatic carbocycles. The van der Waals surface area contributed by atoms with Crippen LogP contribution in [0.1, 0.15) is 80.9 Å². The highest BCUT2D eigenvalue weighted by Gasteiger charge is 2.21. The van der Waals surface area contributed by atoms with Crippen LogP contribution in [0.25, 0.3) is 0 Å². The van der Waals surface area contributed by atoms with Crippen molar-refractivity contribution in [3.63, 3.8) is 0 Å². The van der Waals surface area contributed by atoms with E-state index in [0.717, 1.165) is 23.6 Å². The van der Waals surface area contributed by atoms with Gasteiger partial charge >= 0.3 is 0 Å². The minimum absolute atomic E-state index is 0.474. The Kier molecular flexibility index (Phi) is 8.09. The standard InChI is InChI=1S/C25H30F2N2/c1-2-3-4-5-19-6-11-22(12-7-19)23-13-8-20(9-14-23)17-28-29-18-21-10-15-24(26)25(27)16-21/h8-10,13-19,22H,2-7,11-12H2,1H3/b28-17+,29-18+. The van der Waals surface area contributed by atoms with Crippen LogP contribution in [0.3, 0.4) is 0 Å². The van der Waals surface area contributed by atoms with Crippen LogP contribution in [0.4, 0.5) is 8.78 Å². The summed E-state index contributed by atoms with van der Waals surface area (Å²) < 4.78 is 26.1. The minimum Gasteiger partial charge on any atom is -0.204 e. The number of nitrogens with zero attached hydrogens (tertiary/aromatic N) is 2. The summed E-state index contributed by atoms with van der Waals surface area (Å²) in [6.07, 6.45) is 13.9. The lowest BCUT2D eigenvalue weighted by Crippen LogP contribution is -2.13. The zero-order chi connectivity index (χ0) is 20.5. The third kappa shape index (κ3) is 6.59. The second-order valence-electron chi connectivity index (χ2n) is 8.04. The Bertz CT molecular complexity index is 819. The lowest BCUT2D eigenvalue weighted by Gasteiger charge is -2.29. The topological polar surface area (TPSA) is 24.7 Å². The molecule has 0 spiro atoms. The second kappa shape index (κ2) is 11.0. The summed E-state index contributed by atoms with van der Waals surface area (Å²) >= 11 is 0. The van der Waals surface area contributed by atoms with Crippen LogP contribution in [-0.4, -0.2) is 12.4 Å². The molecule has 29 heavy (non-hydrogen) atoms. The highest BCUT2D eigenvalue weighted by molar-refractivity contribution is 5.82. The first-order valence-electron chi connectivity index (χ1n) is 10.8. The van der Waals surface area contributed by atoms with Crippen molar-refractivity contribution < 1.29 is 8.78 Å². The van der Waals surface area contributed by atoms with Gasteiger partial charge in [0.1, 0.15) is 0 Å². The highest BCUT2D eigenvalue weighted by Crippen LogP contribution is 2.37. The average molecular weight is 397 g/mol. The maximum atomic E-state index is 13.2. The van der Waals surface area contributed by atoms with Crippen molar-refractivity contribution in [1.29, 1.82) is 0 Å². The largest absolute Gasteiger partial charge is 0.204 e. The van der Waals surface area contributed by atoms with E-state index in [1.54, 1.807) is 6.21 Å². The molecular formula is C25H30F2N2. The molecule has 0 saturated heterocycles. The molecule has 2 aromatic rings. The van der Waals surface area contributed by atoms with Gasteiger partial charge in [-0.15, -0.1) is 0 Å². The molecule has 154 valence electrons. The van der Waals surface area contributed by atoms with Crippen LogP contribution in [0.2, 0.25) is 0 Å². The average Bonchev–Trinajstić information content (AvgIpc) is 2.75. The van der Waals surface area contributed by atoms with Gasteiger partial charge in [-0.2, -0.15) is 10.2 Å². The summed E-state index contributed by atoms with van der Waals surface area (Å²) in [6, 6.07) is 12.2. The van der Waals surface area contributed by atoms with Crippen molar-refractivity contribution in [1.82, 2.24) is 0 Å². The molecule has 3 rings (SSSR count). The molecule has 0 atom stereocenters. The van der Waals surface area contributed by atoms with Gasteiger partial charge in [0.15, 0.2) is 11.6 Å². The van der Waals surface area contributed by atoms with Crippen molar-refractivity contribution in [3.8, 4) is 0 Å². The molecule has 0 amide bonds. The minimum atomic E-state index is -0.886. The fourth-order valence-corrected chi connectivity index (χ4v) is 4.11. The Morgan fingerprint density at radius 2 is 1.48 bits per heavy atom. The summed E-state index contributed by atoms with van der Waals surface area (Å²) in [5.41, 5.74) is 2.87. The summed E-state index contributed by atoms with van der Waals surface area (Å²) in [4.78, 5) is 0. The second-order valence-corrected chi connectivity index (χ2v) is 8.04. The van der Waals surface area contributed by atoms with Crippen molar-refractivity contribution in [2.45, 2.75) is 64.2 Å². The SMILES string of the molecule is CCCCCC1CCC(c2ccc(/C=N/N=C/c3ccc(F)c(F)c3)cc2)CC1. The molecule has 4 heteroatoms. The van der Waals surface area contributed by atoms with E-state index in [2.05, 4.69) is 41.4 Å². The maximum absolute atomic E-state index is 13.2. The molecule has 2 nitrogen and oxygen atoms in total. The lowest BCUT2D eigenvalue weighted by molar-refractivity contribution is 0.303. The molecule has 1 aliphatic carbocycles. The molecule has 0 aliphatic heterocycles. The third-order valence-corrected chi connectivity index (χ3v) is 5.89. The zero-order valence-electron chi connectivity index (χ0n) is 17.2. The molecule has 0 aromatic heterocycles. The van der Waals surface area contributed by atoms with Gasteiger partial charge in [0, 0.05) is 0 Å². The Balaban J connectivity index is 1.48. The van der Waals surface area contributed by atoms with Gasteiger partial charge in [0.25, 0.3) is 0 Å². The first-order valence-corrected chi connectivity index (χ1v) is 10.8. The van der Waals surface area contributed by atoms with Gasteiger partial charge in [0.05, 0.1) is 12.4 Å². The molecule has 0 bridgehead atoms. The van der Waals surface area contributed by atoms with E-state index in [1.807, 2.05) is 0 Å². The Labute approximate surface area is 172 Å². The van der Waals surface area contributed by atoms with Crippen LogP contribution < -0.4 is 0 Å². The number of rotatable bonds is 8. The van der Waals surface area contributed by atoms with E-state index < -0.39 is 11.6 Å². The summed E-state index contributed by atoms with van der Waals surface area (Å²) in [5.74, 6) is -0.148. The van der Waals surface area contributed by atoms with E-state index in [0.29, 0.717) is 11.5 Å². The van der Waals surface area contributed by atoms with Crippen LogP contribution >= 0.6 is 0 Å². The van der Waals surface area contributed by atoms with Gasteiger partial charge in [-0.3, -0.25) is 0 Å². The van der Waals surface area contributed by atoms with Gasteiger partial charge in [-0.1, -0.05) is 62.9 Å². The van der Waals surface area contributed by atoms with E-state index >= 15 is 0 Å². The predicted molar refractivity (Wildman–Crippen MR) is 117 cm³/mol. The van der Waals surface area contributed by atoms with E-state index in [-0.39, 0.29) is 0 Å².